The van der Waals surface area contributed by atoms with Gasteiger partial charge >= 0.3 is 23.3 Å². The first-order valence-electron chi connectivity index (χ1n) is 11.9. The van der Waals surface area contributed by atoms with E-state index in [0.717, 1.165) is 17.7 Å². The van der Waals surface area contributed by atoms with Gasteiger partial charge in [-0.15, -0.1) is 0 Å². The van der Waals surface area contributed by atoms with Gasteiger partial charge in [-0.2, -0.15) is 0 Å². The molecule has 0 N–H and O–H groups in total. The van der Waals surface area contributed by atoms with Gasteiger partial charge in [-0.3, -0.25) is 20.2 Å². The van der Waals surface area contributed by atoms with Crippen LogP contribution in [-0.4, -0.2) is 41.7 Å². The Bertz CT molecular complexity index is 1560. The zero-order valence-corrected chi connectivity index (χ0v) is 21.7. The number of nitro benzene ring substituents is 2. The van der Waals surface area contributed by atoms with Gasteiger partial charge in [-0.1, -0.05) is 5.16 Å². The Kier molecular flexibility index (Phi) is 8.03. The summed E-state index contributed by atoms with van der Waals surface area (Å²) in [6.07, 6.45) is 1.83. The van der Waals surface area contributed by atoms with Gasteiger partial charge in [0.25, 0.3) is 0 Å². The van der Waals surface area contributed by atoms with Gasteiger partial charge in [-0.25, -0.2) is 9.59 Å². The molecule has 0 atom stereocenters. The minimum absolute atomic E-state index is 0.00580. The van der Waals surface area contributed by atoms with Crippen LogP contribution in [0.5, 0.6) is 17.2 Å². The minimum atomic E-state index is -0.874. The van der Waals surface area contributed by atoms with Gasteiger partial charge in [0, 0.05) is 17.7 Å². The van der Waals surface area contributed by atoms with Crippen LogP contribution in [0.15, 0.2) is 53.7 Å². The number of benzene rings is 3. The third-order valence-electron chi connectivity index (χ3n) is 6.24. The van der Waals surface area contributed by atoms with E-state index in [1.807, 2.05) is 0 Å². The largest absolute Gasteiger partial charge is 0.490 e. The van der Waals surface area contributed by atoms with Crippen molar-refractivity contribution in [2.24, 2.45) is 5.16 Å². The molecule has 0 bridgehead atoms. The lowest BCUT2D eigenvalue weighted by atomic mass is 9.88. The number of oxime groups is 1. The summed E-state index contributed by atoms with van der Waals surface area (Å²) in [6.45, 7) is 1.72. The number of fused-ring (bicyclic) bond motifs is 1. The van der Waals surface area contributed by atoms with E-state index in [0.29, 0.717) is 36.1 Å². The molecule has 1 aliphatic carbocycles. The second-order valence-electron chi connectivity index (χ2n) is 8.72. The molecule has 0 radical (unpaired) electrons. The molecule has 0 saturated heterocycles. The first kappa shape index (κ1) is 27.7. The predicted molar refractivity (Wildman–Crippen MR) is 140 cm³/mol. The van der Waals surface area contributed by atoms with E-state index in [2.05, 4.69) is 5.16 Å². The maximum absolute atomic E-state index is 12.8. The highest BCUT2D eigenvalue weighted by molar-refractivity contribution is 6.03. The Morgan fingerprint density at radius 3 is 1.93 bits per heavy atom. The molecule has 0 aliphatic heterocycles. The third-order valence-corrected chi connectivity index (χ3v) is 6.24. The summed E-state index contributed by atoms with van der Waals surface area (Å²) in [5.74, 6) is -1.36. The Hall–Kier alpha value is -5.33. The van der Waals surface area contributed by atoms with Crippen LogP contribution in [0.25, 0.3) is 0 Å². The van der Waals surface area contributed by atoms with Gasteiger partial charge < -0.3 is 19.0 Å². The first-order valence-corrected chi connectivity index (χ1v) is 11.9. The van der Waals surface area contributed by atoms with E-state index in [1.54, 1.807) is 19.1 Å². The van der Waals surface area contributed by atoms with Gasteiger partial charge in [0.15, 0.2) is 11.5 Å². The summed E-state index contributed by atoms with van der Waals surface area (Å²) in [5.41, 5.74) is 1.76. The van der Waals surface area contributed by atoms with Crippen molar-refractivity contribution in [1.82, 2.24) is 0 Å². The van der Waals surface area contributed by atoms with Crippen molar-refractivity contribution >= 4 is 29.0 Å². The average molecular weight is 549 g/mol. The summed E-state index contributed by atoms with van der Waals surface area (Å²) in [5, 5.41) is 26.6. The lowest BCUT2D eigenvalue weighted by Gasteiger charge is -2.20. The van der Waals surface area contributed by atoms with Crippen LogP contribution in [0.4, 0.5) is 11.4 Å². The van der Waals surface area contributed by atoms with Crippen molar-refractivity contribution in [3.63, 3.8) is 0 Å². The van der Waals surface area contributed by atoms with E-state index in [-0.39, 0.29) is 39.8 Å². The predicted octanol–water partition coefficient (Wildman–Crippen LogP) is 4.95. The fourth-order valence-electron chi connectivity index (χ4n) is 4.22. The number of rotatable bonds is 8. The Morgan fingerprint density at radius 1 is 0.800 bits per heavy atom. The third kappa shape index (κ3) is 5.72. The second-order valence-corrected chi connectivity index (χ2v) is 8.72. The van der Waals surface area contributed by atoms with Crippen molar-refractivity contribution in [2.45, 2.75) is 26.2 Å². The number of carbonyl (C=O) groups excluding carboxylic acids is 2. The molecule has 1 aliphatic rings. The van der Waals surface area contributed by atoms with E-state index in [4.69, 9.17) is 19.0 Å². The van der Waals surface area contributed by atoms with E-state index in [1.165, 1.54) is 38.5 Å². The van der Waals surface area contributed by atoms with Gasteiger partial charge in [-0.05, 0) is 73.7 Å². The van der Waals surface area contributed by atoms with Crippen molar-refractivity contribution < 1.29 is 38.5 Å². The van der Waals surface area contributed by atoms with Crippen LogP contribution >= 0.6 is 0 Å². The van der Waals surface area contributed by atoms with Crippen LogP contribution in [0.2, 0.25) is 0 Å². The summed E-state index contributed by atoms with van der Waals surface area (Å²) in [7, 11) is 2.58. The molecule has 13 nitrogen and oxygen atoms in total. The number of esters is 1. The molecule has 206 valence electrons. The van der Waals surface area contributed by atoms with Crippen LogP contribution in [0, 0.1) is 27.2 Å². The fraction of sp³-hybridized carbons (Fsp3) is 0.222. The molecule has 13 heteroatoms. The summed E-state index contributed by atoms with van der Waals surface area (Å²) < 4.78 is 15.5. The molecular formula is C27H23N3O10. The summed E-state index contributed by atoms with van der Waals surface area (Å²) in [4.78, 5) is 51.7. The quantitative estimate of drug-likeness (QED) is 0.123. The average Bonchev–Trinajstić information content (AvgIpc) is 2.95. The number of aryl methyl sites for hydroxylation is 2. The highest BCUT2D eigenvalue weighted by Crippen LogP contribution is 2.32. The van der Waals surface area contributed by atoms with Crippen molar-refractivity contribution in [3.05, 3.63) is 96.6 Å². The standard InChI is InChI=1S/C27H23N3O10/c1-15-11-19-16(14-25(15)39-26(31)17-7-9-23(37-2)21(12-17)29(33)34)5-4-6-20(19)28-40-27(32)18-8-10-24(38-3)22(13-18)30(35)36/h7-14H,4-6H2,1-3H3/b28-20-. The van der Waals surface area contributed by atoms with E-state index < -0.39 is 21.8 Å². The monoisotopic (exact) mass is 549 g/mol. The molecule has 3 aromatic carbocycles. The van der Waals surface area contributed by atoms with Gasteiger partial charge in [0.05, 0.1) is 40.9 Å². The molecule has 0 spiro atoms. The van der Waals surface area contributed by atoms with Crippen LogP contribution in [0.3, 0.4) is 0 Å². The van der Waals surface area contributed by atoms with Gasteiger partial charge in [0.2, 0.25) is 0 Å². The molecule has 0 saturated carbocycles. The number of hydrogen-bond donors (Lipinski definition) is 0. The highest BCUT2D eigenvalue weighted by atomic mass is 16.7. The number of nitro groups is 2. The molecule has 0 heterocycles. The molecular weight excluding hydrogens is 526 g/mol. The summed E-state index contributed by atoms with van der Waals surface area (Å²) in [6, 6.07) is 10.9. The Balaban J connectivity index is 1.55. The van der Waals surface area contributed by atoms with Crippen LogP contribution in [0.1, 0.15) is 50.2 Å². The number of nitrogens with zero attached hydrogens (tertiary/aromatic N) is 3. The smallest absolute Gasteiger partial charge is 0.365 e. The van der Waals surface area contributed by atoms with E-state index in [9.17, 15) is 29.8 Å². The Morgan fingerprint density at radius 2 is 1.38 bits per heavy atom. The normalized spacial score (nSPS) is 13.2. The Labute approximate surface area is 227 Å². The van der Waals surface area contributed by atoms with Crippen LogP contribution in [-0.2, 0) is 11.3 Å². The van der Waals surface area contributed by atoms with Crippen molar-refractivity contribution in [2.75, 3.05) is 14.2 Å². The minimum Gasteiger partial charge on any atom is -0.490 e. The zero-order chi connectivity index (χ0) is 29.0. The molecule has 0 aromatic heterocycles. The summed E-state index contributed by atoms with van der Waals surface area (Å²) >= 11 is 0. The number of ether oxygens (including phenoxy) is 3. The topological polar surface area (TPSA) is 170 Å². The van der Waals surface area contributed by atoms with Crippen molar-refractivity contribution in [3.8, 4) is 17.2 Å². The lowest BCUT2D eigenvalue weighted by molar-refractivity contribution is -0.385. The van der Waals surface area contributed by atoms with E-state index >= 15 is 0 Å². The second kappa shape index (κ2) is 11.6. The number of carbonyl (C=O) groups is 2. The van der Waals surface area contributed by atoms with Gasteiger partial charge in [0.1, 0.15) is 5.75 Å². The number of methoxy groups -OCH3 is 2. The molecule has 0 fully saturated rings. The lowest BCUT2D eigenvalue weighted by Crippen LogP contribution is -2.16. The molecule has 0 amide bonds. The molecule has 0 unspecified atom stereocenters. The SMILES string of the molecule is COc1ccc(C(=O)O/N=C2/CCCc3cc(OC(=O)c4ccc(OC)c([N+](=O)[O-])c4)c(C)cc32)cc1[N+](=O)[O-]. The van der Waals surface area contributed by atoms with Crippen LogP contribution < -0.4 is 14.2 Å². The highest BCUT2D eigenvalue weighted by Gasteiger charge is 2.24. The number of hydrogen-bond acceptors (Lipinski definition) is 11. The maximum atomic E-state index is 12.8. The maximum Gasteiger partial charge on any atom is 0.365 e. The fourth-order valence-corrected chi connectivity index (χ4v) is 4.22. The molecule has 3 aromatic rings. The molecule has 40 heavy (non-hydrogen) atoms. The van der Waals surface area contributed by atoms with Crippen molar-refractivity contribution in [1.29, 1.82) is 0 Å². The zero-order valence-electron chi connectivity index (χ0n) is 21.7. The first-order chi connectivity index (χ1) is 19.1. The molecule has 4 rings (SSSR count).